The van der Waals surface area contributed by atoms with Crippen molar-refractivity contribution in [3.63, 3.8) is 0 Å². The number of hydrogen-bond acceptors (Lipinski definition) is 5. The highest BCUT2D eigenvalue weighted by Crippen LogP contribution is 2.30. The van der Waals surface area contributed by atoms with Crippen molar-refractivity contribution in [3.8, 4) is 0 Å². The number of hydrogen-bond donors (Lipinski definition) is 0. The Morgan fingerprint density at radius 1 is 1.05 bits per heavy atom. The molecule has 1 aromatic rings. The lowest BCUT2D eigenvalue weighted by Gasteiger charge is -2.39. The normalized spacial score (nSPS) is 22.0. The minimum Gasteiger partial charge on any atom is -0.360 e. The van der Waals surface area contributed by atoms with Crippen molar-refractivity contribution in [3.05, 3.63) is 12.4 Å². The summed E-state index contributed by atoms with van der Waals surface area (Å²) in [6.07, 6.45) is 8.88. The SMILES string of the molecule is C[C@H](C1CCN(c2nccnc2N(C)C)CC1)N1CCCC1. The number of piperidine rings is 1. The lowest BCUT2D eigenvalue weighted by atomic mass is 9.89. The fourth-order valence-corrected chi connectivity index (χ4v) is 3.90. The first kappa shape index (κ1) is 15.5. The Labute approximate surface area is 134 Å². The third kappa shape index (κ3) is 3.19. The molecule has 22 heavy (non-hydrogen) atoms. The number of nitrogens with zero attached hydrogens (tertiary/aromatic N) is 5. The monoisotopic (exact) mass is 303 g/mol. The second-order valence-electron chi connectivity index (χ2n) is 6.91. The number of rotatable bonds is 4. The molecule has 2 saturated heterocycles. The van der Waals surface area contributed by atoms with Crippen LogP contribution in [0.3, 0.4) is 0 Å². The van der Waals surface area contributed by atoms with Gasteiger partial charge in [-0.05, 0) is 51.6 Å². The summed E-state index contributed by atoms with van der Waals surface area (Å²) in [5, 5.41) is 0. The maximum atomic E-state index is 4.58. The fraction of sp³-hybridized carbons (Fsp3) is 0.765. The molecule has 3 heterocycles. The van der Waals surface area contributed by atoms with E-state index in [-0.39, 0.29) is 0 Å². The highest BCUT2D eigenvalue weighted by atomic mass is 15.3. The van der Waals surface area contributed by atoms with Crippen LogP contribution < -0.4 is 9.80 Å². The van der Waals surface area contributed by atoms with E-state index in [1.54, 1.807) is 12.4 Å². The maximum Gasteiger partial charge on any atom is 0.171 e. The first-order chi connectivity index (χ1) is 10.7. The second-order valence-corrected chi connectivity index (χ2v) is 6.91. The molecule has 3 rings (SSSR count). The Hall–Kier alpha value is -1.36. The largest absolute Gasteiger partial charge is 0.360 e. The molecule has 2 fully saturated rings. The first-order valence-electron chi connectivity index (χ1n) is 8.64. The summed E-state index contributed by atoms with van der Waals surface area (Å²) in [7, 11) is 4.07. The van der Waals surface area contributed by atoms with Gasteiger partial charge in [-0.1, -0.05) is 0 Å². The van der Waals surface area contributed by atoms with Crippen LogP contribution in [0.4, 0.5) is 11.6 Å². The second kappa shape index (κ2) is 6.82. The third-order valence-electron chi connectivity index (χ3n) is 5.32. The lowest BCUT2D eigenvalue weighted by molar-refractivity contribution is 0.167. The van der Waals surface area contributed by atoms with Crippen molar-refractivity contribution in [1.82, 2.24) is 14.9 Å². The van der Waals surface area contributed by atoms with Gasteiger partial charge in [0.25, 0.3) is 0 Å². The predicted molar refractivity (Wildman–Crippen MR) is 91.6 cm³/mol. The fourth-order valence-electron chi connectivity index (χ4n) is 3.90. The zero-order valence-corrected chi connectivity index (χ0v) is 14.2. The summed E-state index contributed by atoms with van der Waals surface area (Å²) in [6.45, 7) is 7.23. The molecule has 5 heteroatoms. The summed E-state index contributed by atoms with van der Waals surface area (Å²) in [6, 6.07) is 0.736. The molecule has 0 saturated carbocycles. The van der Waals surface area contributed by atoms with Crippen LogP contribution in [0.1, 0.15) is 32.6 Å². The van der Waals surface area contributed by atoms with Gasteiger partial charge in [-0.3, -0.25) is 0 Å². The van der Waals surface area contributed by atoms with Crippen LogP contribution in [0.25, 0.3) is 0 Å². The molecule has 0 bridgehead atoms. The summed E-state index contributed by atoms with van der Waals surface area (Å²) >= 11 is 0. The smallest absolute Gasteiger partial charge is 0.171 e. The summed E-state index contributed by atoms with van der Waals surface area (Å²) in [5.41, 5.74) is 0. The van der Waals surface area contributed by atoms with E-state index in [1.807, 2.05) is 14.1 Å². The molecule has 122 valence electrons. The van der Waals surface area contributed by atoms with E-state index in [0.717, 1.165) is 36.7 Å². The summed E-state index contributed by atoms with van der Waals surface area (Å²) < 4.78 is 0. The molecule has 0 spiro atoms. The average molecular weight is 303 g/mol. The molecular formula is C17H29N5. The predicted octanol–water partition coefficient (Wildman–Crippen LogP) is 2.24. The van der Waals surface area contributed by atoms with Crippen molar-refractivity contribution in [2.45, 2.75) is 38.6 Å². The molecule has 2 aliphatic heterocycles. The Kier molecular flexibility index (Phi) is 4.81. The van der Waals surface area contributed by atoms with Crippen molar-refractivity contribution in [2.24, 2.45) is 5.92 Å². The molecule has 2 aliphatic rings. The van der Waals surface area contributed by atoms with Gasteiger partial charge in [0, 0.05) is 45.6 Å². The molecule has 0 unspecified atom stereocenters. The van der Waals surface area contributed by atoms with E-state index in [2.05, 4.69) is 31.6 Å². The first-order valence-corrected chi connectivity index (χ1v) is 8.64. The van der Waals surface area contributed by atoms with Gasteiger partial charge < -0.3 is 14.7 Å². The van der Waals surface area contributed by atoms with Crippen LogP contribution >= 0.6 is 0 Å². The molecule has 0 amide bonds. The van der Waals surface area contributed by atoms with E-state index in [1.165, 1.54) is 38.8 Å². The van der Waals surface area contributed by atoms with Crippen LogP contribution in [0.15, 0.2) is 12.4 Å². The molecule has 1 atom stereocenters. The molecule has 0 N–H and O–H groups in total. The van der Waals surface area contributed by atoms with E-state index >= 15 is 0 Å². The molecule has 0 radical (unpaired) electrons. The van der Waals surface area contributed by atoms with Gasteiger partial charge in [-0.15, -0.1) is 0 Å². The highest BCUT2D eigenvalue weighted by Gasteiger charge is 2.30. The van der Waals surface area contributed by atoms with Crippen molar-refractivity contribution in [1.29, 1.82) is 0 Å². The van der Waals surface area contributed by atoms with Gasteiger partial charge in [0.15, 0.2) is 11.6 Å². The maximum absolute atomic E-state index is 4.58. The lowest BCUT2D eigenvalue weighted by Crippen LogP contribution is -2.43. The Morgan fingerprint density at radius 3 is 2.32 bits per heavy atom. The van der Waals surface area contributed by atoms with Gasteiger partial charge >= 0.3 is 0 Å². The highest BCUT2D eigenvalue weighted by molar-refractivity contribution is 5.61. The third-order valence-corrected chi connectivity index (χ3v) is 5.32. The molecule has 1 aromatic heterocycles. The van der Waals surface area contributed by atoms with Crippen molar-refractivity contribution < 1.29 is 0 Å². The van der Waals surface area contributed by atoms with E-state index < -0.39 is 0 Å². The standard InChI is InChI=1S/C17H29N5/c1-14(21-10-4-5-11-21)15-6-12-22(13-7-15)17-16(20(2)3)18-8-9-19-17/h8-9,14-15H,4-7,10-13H2,1-3H3/t14-/m1/s1. The van der Waals surface area contributed by atoms with Gasteiger partial charge in [-0.2, -0.15) is 0 Å². The summed E-state index contributed by atoms with van der Waals surface area (Å²) in [5.74, 6) is 2.85. The topological polar surface area (TPSA) is 35.5 Å². The van der Waals surface area contributed by atoms with Crippen LogP contribution in [-0.4, -0.2) is 61.2 Å². The van der Waals surface area contributed by atoms with Crippen LogP contribution in [0.5, 0.6) is 0 Å². The zero-order chi connectivity index (χ0) is 15.5. The van der Waals surface area contributed by atoms with Crippen LogP contribution in [-0.2, 0) is 0 Å². The Bertz CT molecular complexity index is 476. The van der Waals surface area contributed by atoms with E-state index in [9.17, 15) is 0 Å². The van der Waals surface area contributed by atoms with E-state index in [4.69, 9.17) is 0 Å². The van der Waals surface area contributed by atoms with E-state index in [0.29, 0.717) is 0 Å². The average Bonchev–Trinajstić information content (AvgIpc) is 3.09. The number of likely N-dealkylation sites (tertiary alicyclic amines) is 1. The molecule has 0 aliphatic carbocycles. The minimum atomic E-state index is 0.736. The quantitative estimate of drug-likeness (QED) is 0.852. The zero-order valence-electron chi connectivity index (χ0n) is 14.2. The molecular weight excluding hydrogens is 274 g/mol. The van der Waals surface area contributed by atoms with Crippen molar-refractivity contribution >= 4 is 11.6 Å². The van der Waals surface area contributed by atoms with Gasteiger partial charge in [0.1, 0.15) is 0 Å². The molecule has 0 aromatic carbocycles. The van der Waals surface area contributed by atoms with Gasteiger partial charge in [-0.25, -0.2) is 9.97 Å². The van der Waals surface area contributed by atoms with Crippen LogP contribution in [0, 0.1) is 5.92 Å². The van der Waals surface area contributed by atoms with Gasteiger partial charge in [0.2, 0.25) is 0 Å². The Morgan fingerprint density at radius 2 is 1.68 bits per heavy atom. The Balaban J connectivity index is 1.62. The number of anilines is 2. The molecule has 5 nitrogen and oxygen atoms in total. The van der Waals surface area contributed by atoms with Crippen LogP contribution in [0.2, 0.25) is 0 Å². The number of aromatic nitrogens is 2. The minimum absolute atomic E-state index is 0.736. The van der Waals surface area contributed by atoms with Crippen molar-refractivity contribution in [2.75, 3.05) is 50.1 Å². The van der Waals surface area contributed by atoms with Gasteiger partial charge in [0.05, 0.1) is 0 Å². The summed E-state index contributed by atoms with van der Waals surface area (Å²) in [4.78, 5) is 16.2.